The van der Waals surface area contributed by atoms with E-state index >= 15 is 0 Å². The Morgan fingerprint density at radius 1 is 1.00 bits per heavy atom. The lowest BCUT2D eigenvalue weighted by Crippen LogP contribution is -2.38. The zero-order valence-corrected chi connectivity index (χ0v) is 22.9. The highest BCUT2D eigenvalue weighted by atomic mass is 79.9. The van der Waals surface area contributed by atoms with Gasteiger partial charge in [0.25, 0.3) is 0 Å². The first-order valence-corrected chi connectivity index (χ1v) is 14.2. The van der Waals surface area contributed by atoms with E-state index in [0.29, 0.717) is 0 Å². The van der Waals surface area contributed by atoms with Gasteiger partial charge >= 0.3 is 0 Å². The van der Waals surface area contributed by atoms with Gasteiger partial charge in [0.1, 0.15) is 0 Å². The van der Waals surface area contributed by atoms with Crippen LogP contribution in [0, 0.1) is 18.8 Å². The standard InChI is InChI=1S/C31H37BrN4/c1-23-8-5-6-12-26(23)30-20-29(27-13-16-33-22-28(32)31(27)35-30)34-21-25-14-18-36(19-15-25)17-7-11-24-9-3-2-4-10-24/h2-6,8-10,12,20,22,25,27,34H,7,11,13-19,21H2,1H3. The molecule has 1 atom stereocenters. The molecule has 4 nitrogen and oxygen atoms in total. The van der Waals surface area contributed by atoms with Crippen LogP contribution in [0.4, 0.5) is 0 Å². The molecule has 0 radical (unpaired) electrons. The Morgan fingerprint density at radius 3 is 2.58 bits per heavy atom. The van der Waals surface area contributed by atoms with Crippen molar-refractivity contribution in [2.75, 3.05) is 32.7 Å². The molecule has 2 aromatic rings. The SMILES string of the molecule is Cc1ccccc1C1=NC2=C(Br)C=NCCC2C(NCC2CCN(CCCc3ccccc3)CC2)=C1. The molecule has 3 aliphatic heterocycles. The summed E-state index contributed by atoms with van der Waals surface area (Å²) in [7, 11) is 0. The van der Waals surface area contributed by atoms with E-state index in [1.54, 1.807) is 0 Å². The molecule has 188 valence electrons. The zero-order chi connectivity index (χ0) is 24.7. The number of hydrogen-bond acceptors (Lipinski definition) is 4. The Balaban J connectivity index is 1.19. The molecule has 1 saturated heterocycles. The van der Waals surface area contributed by atoms with Gasteiger partial charge in [-0.05, 0) is 97.7 Å². The number of dihydropyridines is 1. The number of benzene rings is 2. The number of likely N-dealkylation sites (tertiary alicyclic amines) is 1. The second kappa shape index (κ2) is 12.2. The lowest BCUT2D eigenvalue weighted by Gasteiger charge is -2.33. The molecule has 0 bridgehead atoms. The summed E-state index contributed by atoms with van der Waals surface area (Å²) >= 11 is 3.76. The van der Waals surface area contributed by atoms with Gasteiger partial charge in [0.2, 0.25) is 0 Å². The molecule has 5 rings (SSSR count). The summed E-state index contributed by atoms with van der Waals surface area (Å²) < 4.78 is 1.01. The maximum absolute atomic E-state index is 5.12. The van der Waals surface area contributed by atoms with Crippen LogP contribution in [0.5, 0.6) is 0 Å². The van der Waals surface area contributed by atoms with Crippen molar-refractivity contribution in [2.45, 2.75) is 39.0 Å². The number of halogens is 1. The summed E-state index contributed by atoms with van der Waals surface area (Å²) in [5, 5.41) is 3.89. The molecule has 0 saturated carbocycles. The Hall–Kier alpha value is -2.50. The number of nitrogens with zero attached hydrogens (tertiary/aromatic N) is 3. The quantitative estimate of drug-likeness (QED) is 0.422. The third-order valence-corrected chi connectivity index (χ3v) is 8.35. The maximum Gasteiger partial charge on any atom is 0.0726 e. The molecule has 1 fully saturated rings. The van der Waals surface area contributed by atoms with Crippen molar-refractivity contribution in [3.63, 3.8) is 0 Å². The Kier molecular flexibility index (Phi) is 8.50. The highest BCUT2D eigenvalue weighted by molar-refractivity contribution is 9.12. The van der Waals surface area contributed by atoms with Gasteiger partial charge in [-0.15, -0.1) is 0 Å². The van der Waals surface area contributed by atoms with Gasteiger partial charge in [-0.2, -0.15) is 0 Å². The number of hydrogen-bond donors (Lipinski definition) is 1. The molecule has 2 aromatic carbocycles. The summed E-state index contributed by atoms with van der Waals surface area (Å²) in [6, 6.07) is 19.4. The Labute approximate surface area is 224 Å². The normalized spacial score (nSPS) is 21.0. The van der Waals surface area contributed by atoms with Crippen molar-refractivity contribution >= 4 is 27.9 Å². The minimum absolute atomic E-state index is 0.271. The summed E-state index contributed by atoms with van der Waals surface area (Å²) in [6.07, 6.45) is 10.2. The molecule has 0 amide bonds. The van der Waals surface area contributed by atoms with Crippen molar-refractivity contribution in [3.05, 3.63) is 93.2 Å². The van der Waals surface area contributed by atoms with E-state index in [1.807, 2.05) is 6.21 Å². The van der Waals surface area contributed by atoms with Crippen molar-refractivity contribution in [1.82, 2.24) is 10.2 Å². The van der Waals surface area contributed by atoms with E-state index in [4.69, 9.17) is 4.99 Å². The van der Waals surface area contributed by atoms with Gasteiger partial charge in [0.15, 0.2) is 0 Å². The smallest absolute Gasteiger partial charge is 0.0726 e. The van der Waals surface area contributed by atoms with Gasteiger partial charge in [0, 0.05) is 36.5 Å². The van der Waals surface area contributed by atoms with Crippen LogP contribution >= 0.6 is 15.9 Å². The number of nitrogens with one attached hydrogen (secondary N) is 1. The monoisotopic (exact) mass is 544 g/mol. The molecule has 5 heteroatoms. The number of rotatable bonds is 8. The van der Waals surface area contributed by atoms with Gasteiger partial charge < -0.3 is 10.2 Å². The fourth-order valence-corrected chi connectivity index (χ4v) is 6.07. The third-order valence-electron chi connectivity index (χ3n) is 7.74. The molecule has 1 N–H and O–H groups in total. The topological polar surface area (TPSA) is 40.0 Å². The van der Waals surface area contributed by atoms with Crippen LogP contribution in [0.3, 0.4) is 0 Å². The second-order valence-corrected chi connectivity index (χ2v) is 11.1. The lowest BCUT2D eigenvalue weighted by atomic mass is 9.90. The fourth-order valence-electron chi connectivity index (χ4n) is 5.56. The molecular formula is C31H37BrN4. The largest absolute Gasteiger partial charge is 0.387 e. The highest BCUT2D eigenvalue weighted by Crippen LogP contribution is 2.35. The Bertz CT molecular complexity index is 1160. The third kappa shape index (κ3) is 6.24. The molecule has 3 heterocycles. The molecule has 3 aliphatic rings. The highest BCUT2D eigenvalue weighted by Gasteiger charge is 2.28. The first kappa shape index (κ1) is 25.2. The average molecular weight is 546 g/mol. The van der Waals surface area contributed by atoms with Crippen LogP contribution in [0.15, 0.2) is 86.5 Å². The van der Waals surface area contributed by atoms with Gasteiger partial charge in [0.05, 0.1) is 15.9 Å². The molecule has 0 aliphatic carbocycles. The lowest BCUT2D eigenvalue weighted by molar-refractivity contribution is 0.182. The number of piperidine rings is 1. The molecule has 0 aromatic heterocycles. The molecule has 1 unspecified atom stereocenters. The van der Waals surface area contributed by atoms with E-state index in [-0.39, 0.29) is 5.92 Å². The van der Waals surface area contributed by atoms with Crippen LogP contribution in [-0.2, 0) is 6.42 Å². The average Bonchev–Trinajstić information content (AvgIpc) is 3.10. The van der Waals surface area contributed by atoms with E-state index in [2.05, 4.69) is 98.7 Å². The van der Waals surface area contributed by atoms with Crippen molar-refractivity contribution < 1.29 is 0 Å². The first-order valence-electron chi connectivity index (χ1n) is 13.4. The number of aliphatic imine (C=N–C) groups is 2. The fraction of sp³-hybridized carbons (Fsp3) is 0.419. The van der Waals surface area contributed by atoms with E-state index in [0.717, 1.165) is 41.3 Å². The first-order chi connectivity index (χ1) is 17.7. The summed E-state index contributed by atoms with van der Waals surface area (Å²) in [4.78, 5) is 12.3. The van der Waals surface area contributed by atoms with Crippen LogP contribution in [0.1, 0.15) is 42.4 Å². The van der Waals surface area contributed by atoms with Crippen LogP contribution in [0.25, 0.3) is 0 Å². The van der Waals surface area contributed by atoms with E-state index in [9.17, 15) is 0 Å². The maximum atomic E-state index is 5.12. The van der Waals surface area contributed by atoms with Gasteiger partial charge in [-0.3, -0.25) is 9.98 Å². The predicted octanol–water partition coefficient (Wildman–Crippen LogP) is 6.31. The van der Waals surface area contributed by atoms with Gasteiger partial charge in [-0.25, -0.2) is 0 Å². The molecule has 0 spiro atoms. The molecular weight excluding hydrogens is 508 g/mol. The zero-order valence-electron chi connectivity index (χ0n) is 21.3. The van der Waals surface area contributed by atoms with Gasteiger partial charge in [-0.1, -0.05) is 54.6 Å². The minimum atomic E-state index is 0.271. The number of fused-ring (bicyclic) bond motifs is 1. The van der Waals surface area contributed by atoms with E-state index in [1.165, 1.54) is 67.7 Å². The predicted molar refractivity (Wildman–Crippen MR) is 155 cm³/mol. The van der Waals surface area contributed by atoms with Crippen LogP contribution < -0.4 is 5.32 Å². The number of aryl methyl sites for hydroxylation is 2. The van der Waals surface area contributed by atoms with Crippen LogP contribution in [0.2, 0.25) is 0 Å². The van der Waals surface area contributed by atoms with Crippen LogP contribution in [-0.4, -0.2) is 49.5 Å². The second-order valence-electron chi connectivity index (χ2n) is 10.3. The summed E-state index contributed by atoms with van der Waals surface area (Å²) in [5.41, 5.74) is 7.35. The summed E-state index contributed by atoms with van der Waals surface area (Å²) in [5.74, 6) is 0.989. The number of allylic oxidation sites excluding steroid dienone is 2. The van der Waals surface area contributed by atoms with Crippen molar-refractivity contribution in [1.29, 1.82) is 0 Å². The van der Waals surface area contributed by atoms with Crippen molar-refractivity contribution in [2.24, 2.45) is 21.8 Å². The van der Waals surface area contributed by atoms with E-state index < -0.39 is 0 Å². The molecule has 36 heavy (non-hydrogen) atoms. The summed E-state index contributed by atoms with van der Waals surface area (Å²) in [6.45, 7) is 7.66. The minimum Gasteiger partial charge on any atom is -0.387 e. The Morgan fingerprint density at radius 2 is 1.78 bits per heavy atom. The van der Waals surface area contributed by atoms with Crippen molar-refractivity contribution in [3.8, 4) is 0 Å².